The molecular weight excluding hydrogens is 270 g/mol. The number of carbonyl (C=O) groups is 2. The number of aryl methyl sites for hydroxylation is 1. The number of carboxylic acids is 1. The van der Waals surface area contributed by atoms with Gasteiger partial charge in [0.1, 0.15) is 11.7 Å². The molecule has 0 saturated carbocycles. The van der Waals surface area contributed by atoms with Gasteiger partial charge in [-0.25, -0.2) is 9.78 Å². The zero-order valence-electron chi connectivity index (χ0n) is 11.6. The molecule has 0 fully saturated rings. The molecule has 1 N–H and O–H groups in total. The van der Waals surface area contributed by atoms with E-state index in [2.05, 4.69) is 4.98 Å². The zero-order chi connectivity index (χ0) is 15.0. The van der Waals surface area contributed by atoms with Crippen LogP contribution in [0.25, 0.3) is 0 Å². The fourth-order valence-electron chi connectivity index (χ4n) is 2.67. The summed E-state index contributed by atoms with van der Waals surface area (Å²) in [7, 11) is 1.72. The van der Waals surface area contributed by atoms with Gasteiger partial charge in [0.15, 0.2) is 0 Å². The molecule has 0 aliphatic carbocycles. The number of fused-ring (bicyclic) bond motifs is 1. The van der Waals surface area contributed by atoms with E-state index in [9.17, 15) is 14.7 Å². The molecule has 1 aliphatic heterocycles. The van der Waals surface area contributed by atoms with Gasteiger partial charge in [0.05, 0.1) is 12.5 Å². The maximum atomic E-state index is 12.6. The summed E-state index contributed by atoms with van der Waals surface area (Å²) < 4.78 is 1.60. The minimum atomic E-state index is -0.986. The van der Waals surface area contributed by atoms with Crippen molar-refractivity contribution in [2.45, 2.75) is 19.0 Å². The van der Waals surface area contributed by atoms with E-state index in [1.165, 1.54) is 17.4 Å². The smallest absolute Gasteiger partial charge is 0.326 e. The Kier molecular flexibility index (Phi) is 3.21. The van der Waals surface area contributed by atoms with Crippen LogP contribution in [0.5, 0.6) is 0 Å². The van der Waals surface area contributed by atoms with Crippen LogP contribution in [0.2, 0.25) is 0 Å². The van der Waals surface area contributed by atoms with Crippen molar-refractivity contribution in [1.29, 1.82) is 0 Å². The largest absolute Gasteiger partial charge is 0.480 e. The van der Waals surface area contributed by atoms with Crippen molar-refractivity contribution in [1.82, 2.24) is 14.5 Å². The lowest BCUT2D eigenvalue weighted by Gasteiger charge is -2.34. The Bertz CT molecular complexity index is 708. The second-order valence-electron chi connectivity index (χ2n) is 5.15. The first kappa shape index (κ1) is 13.4. The summed E-state index contributed by atoms with van der Waals surface area (Å²) >= 11 is 0. The van der Waals surface area contributed by atoms with Crippen LogP contribution < -0.4 is 0 Å². The van der Waals surface area contributed by atoms with Crippen LogP contribution in [0.15, 0.2) is 36.8 Å². The van der Waals surface area contributed by atoms with Crippen molar-refractivity contribution in [3.63, 3.8) is 0 Å². The Morgan fingerprint density at radius 1 is 1.29 bits per heavy atom. The van der Waals surface area contributed by atoms with Crippen LogP contribution in [0, 0.1) is 0 Å². The van der Waals surface area contributed by atoms with Crippen molar-refractivity contribution >= 4 is 11.9 Å². The number of hydrogen-bond acceptors (Lipinski definition) is 3. The lowest BCUT2D eigenvalue weighted by atomic mass is 9.93. The summed E-state index contributed by atoms with van der Waals surface area (Å²) in [6, 6.07) is 6.78. The second kappa shape index (κ2) is 5.05. The third-order valence-corrected chi connectivity index (χ3v) is 3.83. The van der Waals surface area contributed by atoms with E-state index >= 15 is 0 Å². The predicted octanol–water partition coefficient (Wildman–Crippen LogP) is 1.07. The highest BCUT2D eigenvalue weighted by Gasteiger charge is 2.35. The monoisotopic (exact) mass is 285 g/mol. The molecule has 0 spiro atoms. The molecule has 1 aromatic heterocycles. The SMILES string of the molecule is Cn1cncc1C(=O)N1Cc2ccccc2C[C@@H]1C(=O)O. The molecule has 0 saturated heterocycles. The van der Waals surface area contributed by atoms with Gasteiger partial charge in [-0.3, -0.25) is 4.79 Å². The summed E-state index contributed by atoms with van der Waals surface area (Å²) in [5, 5.41) is 9.43. The first-order valence-corrected chi connectivity index (χ1v) is 6.65. The molecule has 6 heteroatoms. The van der Waals surface area contributed by atoms with E-state index in [0.717, 1.165) is 11.1 Å². The minimum Gasteiger partial charge on any atom is -0.480 e. The second-order valence-corrected chi connectivity index (χ2v) is 5.15. The third-order valence-electron chi connectivity index (χ3n) is 3.83. The Labute approximate surface area is 121 Å². The lowest BCUT2D eigenvalue weighted by molar-refractivity contribution is -0.142. The zero-order valence-corrected chi connectivity index (χ0v) is 11.6. The molecule has 2 aromatic rings. The maximum absolute atomic E-state index is 12.6. The number of aromatic nitrogens is 2. The standard InChI is InChI=1S/C15H15N3O3/c1-17-9-16-7-13(17)14(19)18-8-11-5-3-2-4-10(11)6-12(18)15(20)21/h2-5,7,9,12H,6,8H2,1H3,(H,20,21)/t12-/m1/s1. The molecular formula is C15H15N3O3. The van der Waals surface area contributed by atoms with Gasteiger partial charge in [-0.05, 0) is 11.1 Å². The van der Waals surface area contributed by atoms with Gasteiger partial charge in [0.25, 0.3) is 5.91 Å². The molecule has 108 valence electrons. The summed E-state index contributed by atoms with van der Waals surface area (Å²) in [5.41, 5.74) is 2.37. The van der Waals surface area contributed by atoms with E-state index in [0.29, 0.717) is 18.7 Å². The number of aliphatic carboxylic acids is 1. The van der Waals surface area contributed by atoms with Crippen LogP contribution in [0.3, 0.4) is 0 Å². The van der Waals surface area contributed by atoms with Gasteiger partial charge < -0.3 is 14.6 Å². The Morgan fingerprint density at radius 2 is 2.00 bits per heavy atom. The van der Waals surface area contributed by atoms with E-state index in [1.54, 1.807) is 11.6 Å². The molecule has 1 atom stereocenters. The van der Waals surface area contributed by atoms with Gasteiger partial charge in [0, 0.05) is 20.0 Å². The highest BCUT2D eigenvalue weighted by molar-refractivity contribution is 5.95. The molecule has 3 rings (SSSR count). The summed E-state index contributed by atoms with van der Waals surface area (Å²) in [6.07, 6.45) is 3.32. The summed E-state index contributed by atoms with van der Waals surface area (Å²) in [5.74, 6) is -1.29. The molecule has 21 heavy (non-hydrogen) atoms. The van der Waals surface area contributed by atoms with E-state index in [1.807, 2.05) is 24.3 Å². The van der Waals surface area contributed by atoms with Crippen molar-refractivity contribution in [2.75, 3.05) is 0 Å². The summed E-state index contributed by atoms with van der Waals surface area (Å²) in [4.78, 5) is 29.4. The van der Waals surface area contributed by atoms with Crippen LogP contribution in [0.4, 0.5) is 0 Å². The average molecular weight is 285 g/mol. The minimum absolute atomic E-state index is 0.303. The number of carboxylic acid groups (broad SMARTS) is 1. The normalized spacial score (nSPS) is 17.4. The molecule has 0 radical (unpaired) electrons. The number of rotatable bonds is 2. The molecule has 1 aliphatic rings. The van der Waals surface area contributed by atoms with E-state index < -0.39 is 12.0 Å². The Balaban J connectivity index is 1.98. The van der Waals surface area contributed by atoms with Crippen molar-refractivity contribution in [2.24, 2.45) is 7.05 Å². The topological polar surface area (TPSA) is 75.4 Å². The molecule has 0 unspecified atom stereocenters. The number of nitrogens with zero attached hydrogens (tertiary/aromatic N) is 3. The van der Waals surface area contributed by atoms with Crippen LogP contribution in [-0.2, 0) is 24.8 Å². The van der Waals surface area contributed by atoms with Crippen LogP contribution in [0.1, 0.15) is 21.6 Å². The molecule has 6 nitrogen and oxygen atoms in total. The van der Waals surface area contributed by atoms with Crippen LogP contribution in [-0.4, -0.2) is 37.5 Å². The number of imidazole rings is 1. The van der Waals surface area contributed by atoms with Crippen LogP contribution >= 0.6 is 0 Å². The number of amides is 1. The maximum Gasteiger partial charge on any atom is 0.326 e. The molecule has 1 amide bonds. The molecule has 2 heterocycles. The number of carbonyl (C=O) groups excluding carboxylic acids is 1. The summed E-state index contributed by atoms with van der Waals surface area (Å²) in [6.45, 7) is 0.303. The highest BCUT2D eigenvalue weighted by atomic mass is 16.4. The molecule has 1 aromatic carbocycles. The van der Waals surface area contributed by atoms with Gasteiger partial charge in [-0.1, -0.05) is 24.3 Å². The van der Waals surface area contributed by atoms with Crippen molar-refractivity contribution in [3.05, 3.63) is 53.6 Å². The highest BCUT2D eigenvalue weighted by Crippen LogP contribution is 2.25. The lowest BCUT2D eigenvalue weighted by Crippen LogP contribution is -2.49. The number of benzene rings is 1. The quantitative estimate of drug-likeness (QED) is 0.895. The first-order chi connectivity index (χ1) is 10.1. The van der Waals surface area contributed by atoms with Crippen molar-refractivity contribution in [3.8, 4) is 0 Å². The van der Waals surface area contributed by atoms with E-state index in [4.69, 9.17) is 0 Å². The van der Waals surface area contributed by atoms with Gasteiger partial charge >= 0.3 is 5.97 Å². The number of hydrogen-bond donors (Lipinski definition) is 1. The Morgan fingerprint density at radius 3 is 2.62 bits per heavy atom. The average Bonchev–Trinajstić information content (AvgIpc) is 2.91. The van der Waals surface area contributed by atoms with Gasteiger partial charge in [0.2, 0.25) is 0 Å². The first-order valence-electron chi connectivity index (χ1n) is 6.65. The predicted molar refractivity (Wildman–Crippen MR) is 74.7 cm³/mol. The fourth-order valence-corrected chi connectivity index (χ4v) is 2.67. The van der Waals surface area contributed by atoms with Crippen molar-refractivity contribution < 1.29 is 14.7 Å². The van der Waals surface area contributed by atoms with E-state index in [-0.39, 0.29) is 5.91 Å². The Hall–Kier alpha value is -2.63. The molecule has 0 bridgehead atoms. The fraction of sp³-hybridized carbons (Fsp3) is 0.267. The van der Waals surface area contributed by atoms with Gasteiger partial charge in [-0.15, -0.1) is 0 Å². The third kappa shape index (κ3) is 2.29. The van der Waals surface area contributed by atoms with Gasteiger partial charge in [-0.2, -0.15) is 0 Å².